The number of hydrogen-bond donors (Lipinski definition) is 0. The molecule has 2 heteroatoms. The van der Waals surface area contributed by atoms with Crippen LogP contribution in [0.3, 0.4) is 0 Å². The first kappa shape index (κ1) is 11.6. The van der Waals surface area contributed by atoms with Gasteiger partial charge in [-0.15, -0.1) is 0 Å². The van der Waals surface area contributed by atoms with Crippen molar-refractivity contribution in [3.8, 4) is 0 Å². The number of carbonyl (C=O) groups is 2. The zero-order chi connectivity index (χ0) is 11.1. The van der Waals surface area contributed by atoms with Gasteiger partial charge in [-0.05, 0) is 25.3 Å². The average Bonchev–Trinajstić information content (AvgIpc) is 2.25. The maximum atomic E-state index is 10.9. The molecule has 1 rings (SSSR count). The molecule has 1 atom stereocenters. The third kappa shape index (κ3) is 4.07. The molecule has 80 valence electrons. The van der Waals surface area contributed by atoms with Crippen molar-refractivity contribution in [2.45, 2.75) is 32.1 Å². The van der Waals surface area contributed by atoms with E-state index < -0.39 is 0 Å². The van der Waals surface area contributed by atoms with Gasteiger partial charge in [-0.3, -0.25) is 0 Å². The maximum Gasteiger partial charge on any atom is 0.129 e. The number of aldehydes is 1. The number of benzene rings is 1. The first-order chi connectivity index (χ1) is 7.24. The molecule has 0 saturated heterocycles. The minimum Gasteiger partial charge on any atom is -0.303 e. The minimum absolute atomic E-state index is 0.0643. The standard InChI is InChI=1S/C13H16O2/c1-11(15)6-5-9-13(10-14)12-7-3-2-4-8-12/h2-4,7-8,10,13H,5-6,9H2,1H3. The summed E-state index contributed by atoms with van der Waals surface area (Å²) in [6, 6.07) is 9.69. The Kier molecular flexibility index (Phi) is 4.75. The lowest BCUT2D eigenvalue weighted by Gasteiger charge is -2.09. The maximum absolute atomic E-state index is 10.9. The topological polar surface area (TPSA) is 34.1 Å². The second-order valence-electron chi connectivity index (χ2n) is 3.75. The Balaban J connectivity index is 2.50. The van der Waals surface area contributed by atoms with Crippen LogP contribution in [0.25, 0.3) is 0 Å². The Morgan fingerprint density at radius 2 is 2.00 bits per heavy atom. The predicted molar refractivity (Wildman–Crippen MR) is 59.8 cm³/mol. The molecule has 2 nitrogen and oxygen atoms in total. The van der Waals surface area contributed by atoms with Gasteiger partial charge >= 0.3 is 0 Å². The van der Waals surface area contributed by atoms with Crippen LogP contribution in [0.2, 0.25) is 0 Å². The second-order valence-corrected chi connectivity index (χ2v) is 3.75. The zero-order valence-corrected chi connectivity index (χ0v) is 8.98. The molecule has 1 unspecified atom stereocenters. The van der Waals surface area contributed by atoms with E-state index >= 15 is 0 Å². The summed E-state index contributed by atoms with van der Waals surface area (Å²) in [4.78, 5) is 21.7. The largest absolute Gasteiger partial charge is 0.303 e. The van der Waals surface area contributed by atoms with Crippen molar-refractivity contribution in [3.05, 3.63) is 35.9 Å². The number of ketones is 1. The van der Waals surface area contributed by atoms with Gasteiger partial charge in [-0.1, -0.05) is 30.3 Å². The molecule has 0 heterocycles. The fraction of sp³-hybridized carbons (Fsp3) is 0.385. The third-order valence-electron chi connectivity index (χ3n) is 2.44. The lowest BCUT2D eigenvalue weighted by molar-refractivity contribution is -0.117. The van der Waals surface area contributed by atoms with E-state index in [4.69, 9.17) is 0 Å². The van der Waals surface area contributed by atoms with Crippen LogP contribution in [0.1, 0.15) is 37.7 Å². The number of Topliss-reactive ketones (excluding diaryl/α,β-unsaturated/α-hetero) is 1. The summed E-state index contributed by atoms with van der Waals surface area (Å²) in [6.07, 6.45) is 3.08. The normalized spacial score (nSPS) is 12.1. The van der Waals surface area contributed by atoms with Crippen LogP contribution in [-0.2, 0) is 9.59 Å². The molecule has 0 aliphatic heterocycles. The van der Waals surface area contributed by atoms with E-state index in [2.05, 4.69) is 0 Å². The number of hydrogen-bond acceptors (Lipinski definition) is 2. The monoisotopic (exact) mass is 204 g/mol. The molecule has 0 aliphatic carbocycles. The van der Waals surface area contributed by atoms with Crippen molar-refractivity contribution < 1.29 is 9.59 Å². The molecule has 0 bridgehead atoms. The molecule has 1 aromatic rings. The first-order valence-corrected chi connectivity index (χ1v) is 5.23. The van der Waals surface area contributed by atoms with Gasteiger partial charge in [0.1, 0.15) is 12.1 Å². The van der Waals surface area contributed by atoms with Gasteiger partial charge in [0, 0.05) is 12.3 Å². The van der Waals surface area contributed by atoms with E-state index in [1.807, 2.05) is 30.3 Å². The number of rotatable bonds is 6. The highest BCUT2D eigenvalue weighted by Gasteiger charge is 2.09. The average molecular weight is 204 g/mol. The second kappa shape index (κ2) is 6.12. The third-order valence-corrected chi connectivity index (χ3v) is 2.44. The van der Waals surface area contributed by atoms with Gasteiger partial charge < -0.3 is 9.59 Å². The summed E-state index contributed by atoms with van der Waals surface area (Å²) < 4.78 is 0. The quantitative estimate of drug-likeness (QED) is 0.668. The van der Waals surface area contributed by atoms with Gasteiger partial charge in [0.15, 0.2) is 0 Å². The fourth-order valence-corrected chi connectivity index (χ4v) is 1.58. The van der Waals surface area contributed by atoms with E-state index in [9.17, 15) is 9.59 Å². The predicted octanol–water partition coefficient (Wildman–Crippen LogP) is 2.73. The van der Waals surface area contributed by atoms with Crippen molar-refractivity contribution in [1.82, 2.24) is 0 Å². The molecule has 1 aromatic carbocycles. The Hall–Kier alpha value is -1.44. The van der Waals surface area contributed by atoms with Crippen LogP contribution in [0.5, 0.6) is 0 Å². The highest BCUT2D eigenvalue weighted by molar-refractivity contribution is 5.75. The molecule has 0 fully saturated rings. The van der Waals surface area contributed by atoms with E-state index in [0.29, 0.717) is 6.42 Å². The van der Waals surface area contributed by atoms with Crippen molar-refractivity contribution >= 4 is 12.1 Å². The number of carbonyl (C=O) groups excluding carboxylic acids is 2. The summed E-state index contributed by atoms with van der Waals surface area (Å²) >= 11 is 0. The molecule has 0 saturated carbocycles. The van der Waals surface area contributed by atoms with Crippen molar-refractivity contribution in [2.24, 2.45) is 0 Å². The minimum atomic E-state index is -0.0643. The van der Waals surface area contributed by atoms with Gasteiger partial charge in [0.05, 0.1) is 0 Å². The molecule has 0 spiro atoms. The Labute approximate surface area is 90.3 Å². The summed E-state index contributed by atoms with van der Waals surface area (Å²) in [5, 5.41) is 0. The first-order valence-electron chi connectivity index (χ1n) is 5.23. The Bertz CT molecular complexity index is 317. The summed E-state index contributed by atoms with van der Waals surface area (Å²) in [7, 11) is 0. The lowest BCUT2D eigenvalue weighted by atomic mass is 9.94. The van der Waals surface area contributed by atoms with Crippen molar-refractivity contribution in [1.29, 1.82) is 0 Å². The highest BCUT2D eigenvalue weighted by atomic mass is 16.1. The van der Waals surface area contributed by atoms with Gasteiger partial charge in [0.25, 0.3) is 0 Å². The molecule has 15 heavy (non-hydrogen) atoms. The van der Waals surface area contributed by atoms with Crippen LogP contribution in [-0.4, -0.2) is 12.1 Å². The van der Waals surface area contributed by atoms with Crippen LogP contribution >= 0.6 is 0 Å². The smallest absolute Gasteiger partial charge is 0.129 e. The van der Waals surface area contributed by atoms with Gasteiger partial charge in [-0.2, -0.15) is 0 Å². The van der Waals surface area contributed by atoms with E-state index in [-0.39, 0.29) is 11.7 Å². The van der Waals surface area contributed by atoms with Crippen molar-refractivity contribution in [2.75, 3.05) is 0 Å². The van der Waals surface area contributed by atoms with Gasteiger partial charge in [0.2, 0.25) is 0 Å². The Morgan fingerprint density at radius 3 is 2.53 bits per heavy atom. The summed E-state index contributed by atoms with van der Waals surface area (Å²) in [6.45, 7) is 1.58. The highest BCUT2D eigenvalue weighted by Crippen LogP contribution is 2.19. The van der Waals surface area contributed by atoms with Crippen LogP contribution in [0.4, 0.5) is 0 Å². The molecular weight excluding hydrogens is 188 g/mol. The zero-order valence-electron chi connectivity index (χ0n) is 8.98. The van der Waals surface area contributed by atoms with Crippen molar-refractivity contribution in [3.63, 3.8) is 0 Å². The molecule has 0 N–H and O–H groups in total. The molecule has 0 radical (unpaired) electrons. The van der Waals surface area contributed by atoms with Crippen LogP contribution in [0.15, 0.2) is 30.3 Å². The summed E-state index contributed by atoms with van der Waals surface area (Å²) in [5.74, 6) is 0.123. The Morgan fingerprint density at radius 1 is 1.33 bits per heavy atom. The van der Waals surface area contributed by atoms with E-state index in [0.717, 1.165) is 24.7 Å². The lowest BCUT2D eigenvalue weighted by Crippen LogP contribution is -2.01. The molecule has 0 aromatic heterocycles. The molecule has 0 aliphatic rings. The van der Waals surface area contributed by atoms with Crippen LogP contribution < -0.4 is 0 Å². The SMILES string of the molecule is CC(=O)CCCC(C=O)c1ccccc1. The summed E-state index contributed by atoms with van der Waals surface area (Å²) in [5.41, 5.74) is 1.04. The molecule has 0 amide bonds. The van der Waals surface area contributed by atoms with E-state index in [1.54, 1.807) is 6.92 Å². The fourth-order valence-electron chi connectivity index (χ4n) is 1.58. The van der Waals surface area contributed by atoms with E-state index in [1.165, 1.54) is 0 Å². The van der Waals surface area contributed by atoms with Gasteiger partial charge in [-0.25, -0.2) is 0 Å². The molecular formula is C13H16O2. The van der Waals surface area contributed by atoms with Crippen LogP contribution in [0, 0.1) is 0 Å².